The summed E-state index contributed by atoms with van der Waals surface area (Å²) >= 11 is 0. The fourth-order valence-electron chi connectivity index (χ4n) is 10.7. The van der Waals surface area contributed by atoms with Crippen molar-refractivity contribution in [2.45, 2.75) is 144 Å². The molecular formula is C34H58O7. The average molecular weight is 579 g/mol. The van der Waals surface area contributed by atoms with Gasteiger partial charge in [-0.05, 0) is 118 Å². The molecule has 2 unspecified atom stereocenters. The molecule has 41 heavy (non-hydrogen) atoms. The number of ether oxygens (including phenoxy) is 4. The zero-order valence-corrected chi connectivity index (χ0v) is 27.3. The largest absolute Gasteiger partial charge is 0.481 e. The Morgan fingerprint density at radius 3 is 2.00 bits per heavy atom. The molecule has 0 aromatic carbocycles. The topological polar surface area (TPSA) is 94.5 Å². The lowest BCUT2D eigenvalue weighted by Gasteiger charge is -2.57. The molecule has 2 N–H and O–H groups in total. The molecule has 0 aromatic heterocycles. The summed E-state index contributed by atoms with van der Waals surface area (Å²) in [6.07, 6.45) is 5.13. The van der Waals surface area contributed by atoms with Gasteiger partial charge in [-0.15, -0.1) is 0 Å². The lowest BCUT2D eigenvalue weighted by atomic mass is 9.48. The quantitative estimate of drug-likeness (QED) is 0.356. The van der Waals surface area contributed by atoms with Gasteiger partial charge in [-0.1, -0.05) is 41.5 Å². The molecule has 3 aliphatic carbocycles. The van der Waals surface area contributed by atoms with Crippen LogP contribution in [0.3, 0.4) is 0 Å². The molecule has 2 saturated heterocycles. The summed E-state index contributed by atoms with van der Waals surface area (Å²) in [7, 11) is 0. The van der Waals surface area contributed by atoms with E-state index in [9.17, 15) is 15.0 Å². The average Bonchev–Trinajstić information content (AvgIpc) is 3.49. The van der Waals surface area contributed by atoms with Gasteiger partial charge < -0.3 is 29.2 Å². The van der Waals surface area contributed by atoms with Crippen molar-refractivity contribution < 1.29 is 34.0 Å². The molecule has 0 bridgehead atoms. The molecule has 2 heterocycles. The zero-order valence-electron chi connectivity index (χ0n) is 27.3. The van der Waals surface area contributed by atoms with Crippen LogP contribution in [0, 0.1) is 58.2 Å². The van der Waals surface area contributed by atoms with E-state index < -0.39 is 28.9 Å². The van der Waals surface area contributed by atoms with Crippen LogP contribution in [0.4, 0.5) is 0 Å². The summed E-state index contributed by atoms with van der Waals surface area (Å²) in [4.78, 5) is 12.7. The highest BCUT2D eigenvalue weighted by atomic mass is 16.8. The highest BCUT2D eigenvalue weighted by Crippen LogP contribution is 2.66. The first-order chi connectivity index (χ1) is 18.9. The number of carboxylic acid groups (broad SMARTS) is 1. The van der Waals surface area contributed by atoms with Crippen molar-refractivity contribution in [2.24, 2.45) is 58.2 Å². The van der Waals surface area contributed by atoms with Gasteiger partial charge in [0, 0.05) is 6.61 Å². The van der Waals surface area contributed by atoms with E-state index in [1.165, 1.54) is 0 Å². The summed E-state index contributed by atoms with van der Waals surface area (Å²) in [5.74, 6) is -0.260. The monoisotopic (exact) mass is 578 g/mol. The smallest absolute Gasteiger partial charge is 0.307 e. The molecule has 5 rings (SSSR count). The van der Waals surface area contributed by atoms with Crippen molar-refractivity contribution in [2.75, 3.05) is 6.61 Å². The predicted octanol–water partition coefficient (Wildman–Crippen LogP) is 6.51. The van der Waals surface area contributed by atoms with E-state index in [0.29, 0.717) is 42.4 Å². The first-order valence-electron chi connectivity index (χ1n) is 16.5. The van der Waals surface area contributed by atoms with Crippen molar-refractivity contribution in [1.82, 2.24) is 0 Å². The van der Waals surface area contributed by atoms with Gasteiger partial charge in [-0.25, -0.2) is 0 Å². The van der Waals surface area contributed by atoms with E-state index in [-0.39, 0.29) is 48.3 Å². The standard InChI is InChI=1S/C34H58O7/c1-18(2)19(3)28-29(41-32(7,8)40-28)20(4)22-11-12-23-21(17-35)24(13-14-33(22,23)9)34(10)16-27-26(15-25(34)30(36)37)38-31(5,6)39-27/h18-29,35H,11-17H2,1-10H3,(H,36,37)/t19-,20+,21?,22-,23+,24?,25-,26+,27-,28-,29-,33-,34-/m1/s1. The zero-order chi connectivity index (χ0) is 30.3. The Balaban J connectivity index is 1.40. The number of aliphatic carboxylic acids is 1. The highest BCUT2D eigenvalue weighted by Gasteiger charge is 2.63. The Kier molecular flexibility index (Phi) is 8.28. The van der Waals surface area contributed by atoms with Crippen molar-refractivity contribution in [3.63, 3.8) is 0 Å². The first-order valence-corrected chi connectivity index (χ1v) is 16.5. The lowest BCUT2D eigenvalue weighted by molar-refractivity contribution is -0.167. The van der Waals surface area contributed by atoms with Crippen LogP contribution < -0.4 is 0 Å². The molecule has 0 radical (unpaired) electrons. The number of aliphatic hydroxyl groups excluding tert-OH is 1. The van der Waals surface area contributed by atoms with E-state index >= 15 is 0 Å². The molecule has 0 aromatic rings. The lowest BCUT2D eigenvalue weighted by Crippen LogP contribution is -2.56. The van der Waals surface area contributed by atoms with Crippen LogP contribution in [0.2, 0.25) is 0 Å². The van der Waals surface area contributed by atoms with Gasteiger partial charge in [0.1, 0.15) is 0 Å². The Morgan fingerprint density at radius 2 is 1.39 bits per heavy atom. The summed E-state index contributed by atoms with van der Waals surface area (Å²) in [6.45, 7) is 21.9. The van der Waals surface area contributed by atoms with Gasteiger partial charge >= 0.3 is 5.97 Å². The summed E-state index contributed by atoms with van der Waals surface area (Å²) < 4.78 is 25.6. The molecule has 3 saturated carbocycles. The Hall–Kier alpha value is -0.730. The minimum atomic E-state index is -0.742. The molecule has 0 amide bonds. The van der Waals surface area contributed by atoms with E-state index in [1.807, 2.05) is 27.7 Å². The molecule has 0 spiro atoms. The second kappa shape index (κ2) is 10.7. The first kappa shape index (κ1) is 31.7. The van der Waals surface area contributed by atoms with Crippen LogP contribution in [0.5, 0.6) is 0 Å². The number of carboxylic acids is 1. The maximum Gasteiger partial charge on any atom is 0.307 e. The minimum Gasteiger partial charge on any atom is -0.481 e. The maximum atomic E-state index is 12.7. The van der Waals surface area contributed by atoms with E-state index in [1.54, 1.807) is 0 Å². The van der Waals surface area contributed by atoms with Gasteiger partial charge in [-0.2, -0.15) is 0 Å². The van der Waals surface area contributed by atoms with Gasteiger partial charge in [-0.3, -0.25) is 4.79 Å². The highest BCUT2D eigenvalue weighted by molar-refractivity contribution is 5.71. The summed E-state index contributed by atoms with van der Waals surface area (Å²) in [5, 5.41) is 21.5. The third-order valence-electron chi connectivity index (χ3n) is 12.9. The van der Waals surface area contributed by atoms with E-state index in [2.05, 4.69) is 41.5 Å². The number of fused-ring (bicyclic) bond motifs is 2. The van der Waals surface area contributed by atoms with Gasteiger partial charge in [0.25, 0.3) is 0 Å². The van der Waals surface area contributed by atoms with Crippen molar-refractivity contribution in [3.05, 3.63) is 0 Å². The molecule has 5 fully saturated rings. The molecule has 13 atom stereocenters. The van der Waals surface area contributed by atoms with Crippen LogP contribution in [-0.4, -0.2) is 58.8 Å². The molecular weight excluding hydrogens is 520 g/mol. The number of aliphatic hydroxyl groups is 1. The normalized spacial score (nSPS) is 48.5. The van der Waals surface area contributed by atoms with Crippen LogP contribution in [0.1, 0.15) is 108 Å². The number of hydrogen-bond donors (Lipinski definition) is 2. The van der Waals surface area contributed by atoms with E-state index in [0.717, 1.165) is 25.7 Å². The Bertz CT molecular complexity index is 978. The maximum absolute atomic E-state index is 12.7. The fourth-order valence-corrected chi connectivity index (χ4v) is 10.7. The number of rotatable bonds is 7. The molecule has 5 aliphatic rings. The van der Waals surface area contributed by atoms with Crippen LogP contribution in [0.25, 0.3) is 0 Å². The van der Waals surface area contributed by atoms with Gasteiger partial charge in [0.2, 0.25) is 0 Å². The van der Waals surface area contributed by atoms with Crippen molar-refractivity contribution in [1.29, 1.82) is 0 Å². The third-order valence-corrected chi connectivity index (χ3v) is 12.9. The predicted molar refractivity (Wildman–Crippen MR) is 157 cm³/mol. The fraction of sp³-hybridized carbons (Fsp3) is 0.971. The molecule has 7 nitrogen and oxygen atoms in total. The second-order valence-corrected chi connectivity index (χ2v) is 16.4. The molecule has 7 heteroatoms. The Labute approximate surface area is 248 Å². The number of carbonyl (C=O) groups is 1. The SMILES string of the molecule is CC(C)[C@@H](C)[C@H]1OC(C)(C)O[C@@H]1[C@@H](C)[C@H]1CC[C@H]2C(CO)C([C@@]3(C)C[C@H]4OC(C)(C)O[C@H]4C[C@@H]3C(=O)O)CC[C@]12C. The second-order valence-electron chi connectivity index (χ2n) is 16.4. The van der Waals surface area contributed by atoms with Crippen LogP contribution >= 0.6 is 0 Å². The molecule has 2 aliphatic heterocycles. The van der Waals surface area contributed by atoms with Crippen molar-refractivity contribution in [3.8, 4) is 0 Å². The van der Waals surface area contributed by atoms with Crippen molar-refractivity contribution >= 4 is 5.97 Å². The summed E-state index contributed by atoms with van der Waals surface area (Å²) in [6, 6.07) is 0. The minimum absolute atomic E-state index is 0.0420. The van der Waals surface area contributed by atoms with Gasteiger partial charge in [0.05, 0.1) is 30.3 Å². The summed E-state index contributed by atoms with van der Waals surface area (Å²) in [5.41, 5.74) is -0.383. The Morgan fingerprint density at radius 1 is 0.805 bits per heavy atom. The third kappa shape index (κ3) is 5.32. The van der Waals surface area contributed by atoms with Gasteiger partial charge in [0.15, 0.2) is 11.6 Å². The van der Waals surface area contributed by atoms with Crippen LogP contribution in [0.15, 0.2) is 0 Å². The molecule has 236 valence electrons. The van der Waals surface area contributed by atoms with Crippen LogP contribution in [-0.2, 0) is 23.7 Å². The van der Waals surface area contributed by atoms with E-state index in [4.69, 9.17) is 18.9 Å². The number of hydrogen-bond acceptors (Lipinski definition) is 6.